The first-order chi connectivity index (χ1) is 3.55. The number of halogens is 1. The van der Waals surface area contributed by atoms with Crippen molar-refractivity contribution in [1.29, 1.82) is 0 Å². The van der Waals surface area contributed by atoms with Gasteiger partial charge >= 0.3 is 0 Å². The fraction of sp³-hybridized carbons (Fsp3) is 0.400. The number of aliphatic hydroxyl groups is 1. The molecule has 1 N–H and O–H groups in total. The quantitative estimate of drug-likeness (QED) is 0.416. The highest BCUT2D eigenvalue weighted by Crippen LogP contribution is 2.01. The van der Waals surface area contributed by atoms with Crippen LogP contribution in [-0.4, -0.2) is 10.9 Å². The Labute approximate surface area is 46.6 Å². The van der Waals surface area contributed by atoms with Gasteiger partial charge in [0.05, 0.1) is 0 Å². The molecule has 0 saturated heterocycles. The number of ketones is 1. The van der Waals surface area contributed by atoms with Crippen LogP contribution in [0.2, 0.25) is 0 Å². The average molecular weight is 118 g/mol. The van der Waals surface area contributed by atoms with E-state index in [1.807, 2.05) is 0 Å². The Bertz CT molecular complexity index is 133. The molecule has 0 fully saturated rings. The van der Waals surface area contributed by atoms with E-state index < -0.39 is 17.4 Å². The van der Waals surface area contributed by atoms with Crippen molar-refractivity contribution < 1.29 is 14.3 Å². The first-order valence-corrected chi connectivity index (χ1v) is 2.12. The highest BCUT2D eigenvalue weighted by molar-refractivity contribution is 5.91. The SMILES string of the molecule is CC(=O)C(F)=C(C)O. The zero-order valence-corrected chi connectivity index (χ0v) is 4.73. The van der Waals surface area contributed by atoms with E-state index in [4.69, 9.17) is 5.11 Å². The van der Waals surface area contributed by atoms with Gasteiger partial charge in [-0.15, -0.1) is 0 Å². The summed E-state index contributed by atoms with van der Waals surface area (Å²) in [6.07, 6.45) is 0. The van der Waals surface area contributed by atoms with Crippen LogP contribution >= 0.6 is 0 Å². The van der Waals surface area contributed by atoms with Crippen molar-refractivity contribution >= 4 is 5.78 Å². The minimum Gasteiger partial charge on any atom is -0.509 e. The van der Waals surface area contributed by atoms with Crippen molar-refractivity contribution in [3.63, 3.8) is 0 Å². The molecule has 0 atom stereocenters. The van der Waals surface area contributed by atoms with Crippen molar-refractivity contribution in [2.24, 2.45) is 0 Å². The molecule has 2 nitrogen and oxygen atoms in total. The van der Waals surface area contributed by atoms with E-state index in [2.05, 4.69) is 0 Å². The number of carbonyl (C=O) groups excluding carboxylic acids is 1. The summed E-state index contributed by atoms with van der Waals surface area (Å²) in [4.78, 5) is 9.99. The lowest BCUT2D eigenvalue weighted by molar-refractivity contribution is -0.115. The molecule has 0 aromatic heterocycles. The van der Waals surface area contributed by atoms with Crippen LogP contribution < -0.4 is 0 Å². The van der Waals surface area contributed by atoms with Gasteiger partial charge in [-0.05, 0) is 6.92 Å². The van der Waals surface area contributed by atoms with Gasteiger partial charge in [-0.2, -0.15) is 4.39 Å². The topological polar surface area (TPSA) is 37.3 Å². The van der Waals surface area contributed by atoms with E-state index in [0.717, 1.165) is 13.8 Å². The molecule has 0 bridgehead atoms. The van der Waals surface area contributed by atoms with Crippen LogP contribution in [0, 0.1) is 0 Å². The molecule has 3 heteroatoms. The molecule has 0 unspecified atom stereocenters. The number of carbonyl (C=O) groups is 1. The number of hydrogen-bond donors (Lipinski definition) is 1. The first-order valence-electron chi connectivity index (χ1n) is 2.12. The number of Topliss-reactive ketones (excluding diaryl/α,β-unsaturated/α-hetero) is 1. The molecule has 0 aliphatic heterocycles. The molecule has 46 valence electrons. The van der Waals surface area contributed by atoms with Crippen LogP contribution in [0.3, 0.4) is 0 Å². The van der Waals surface area contributed by atoms with Gasteiger partial charge < -0.3 is 5.11 Å². The van der Waals surface area contributed by atoms with E-state index in [0.29, 0.717) is 0 Å². The van der Waals surface area contributed by atoms with Crippen LogP contribution in [0.4, 0.5) is 4.39 Å². The van der Waals surface area contributed by atoms with Gasteiger partial charge in [-0.25, -0.2) is 0 Å². The Morgan fingerprint density at radius 2 is 1.88 bits per heavy atom. The van der Waals surface area contributed by atoms with Crippen molar-refractivity contribution in [3.05, 3.63) is 11.6 Å². The molecule has 0 rings (SSSR count). The molecule has 0 heterocycles. The summed E-state index contributed by atoms with van der Waals surface area (Å²) in [6.45, 7) is 2.17. The average Bonchev–Trinajstić information content (AvgIpc) is 1.64. The van der Waals surface area contributed by atoms with Crippen molar-refractivity contribution in [1.82, 2.24) is 0 Å². The van der Waals surface area contributed by atoms with E-state index in [1.165, 1.54) is 0 Å². The van der Waals surface area contributed by atoms with Gasteiger partial charge in [0.25, 0.3) is 0 Å². The van der Waals surface area contributed by atoms with Gasteiger partial charge in [0, 0.05) is 6.92 Å². The van der Waals surface area contributed by atoms with Crippen LogP contribution in [0.1, 0.15) is 13.8 Å². The second-order valence-corrected chi connectivity index (χ2v) is 1.46. The Balaban J connectivity index is 4.23. The maximum Gasteiger partial charge on any atom is 0.202 e. The molecule has 0 aliphatic rings. The third kappa shape index (κ3) is 1.73. The molecule has 0 amide bonds. The highest BCUT2D eigenvalue weighted by atomic mass is 19.1. The van der Waals surface area contributed by atoms with E-state index >= 15 is 0 Å². The molecular formula is C5H7FO2. The third-order valence-corrected chi connectivity index (χ3v) is 0.627. The molecule has 0 radical (unpaired) electrons. The summed E-state index contributed by atoms with van der Waals surface area (Å²) in [7, 11) is 0. The first kappa shape index (κ1) is 7.14. The fourth-order valence-corrected chi connectivity index (χ4v) is 0.255. The Kier molecular flexibility index (Phi) is 2.19. The van der Waals surface area contributed by atoms with Crippen LogP contribution in [0.5, 0.6) is 0 Å². The predicted molar refractivity (Wildman–Crippen MR) is 27.1 cm³/mol. The summed E-state index contributed by atoms with van der Waals surface area (Å²) in [5, 5.41) is 8.28. The van der Waals surface area contributed by atoms with Crippen molar-refractivity contribution in [2.75, 3.05) is 0 Å². The van der Waals surface area contributed by atoms with Gasteiger partial charge in [-0.1, -0.05) is 0 Å². The lowest BCUT2D eigenvalue weighted by Gasteiger charge is -1.88. The largest absolute Gasteiger partial charge is 0.509 e. The van der Waals surface area contributed by atoms with Crippen molar-refractivity contribution in [2.45, 2.75) is 13.8 Å². The summed E-state index contributed by atoms with van der Waals surface area (Å²) < 4.78 is 11.9. The zero-order chi connectivity index (χ0) is 6.73. The number of aliphatic hydroxyl groups excluding tert-OH is 1. The lowest BCUT2D eigenvalue weighted by atomic mass is 10.3. The maximum atomic E-state index is 11.9. The predicted octanol–water partition coefficient (Wildman–Crippen LogP) is 1.33. The van der Waals surface area contributed by atoms with Crippen LogP contribution in [-0.2, 0) is 4.79 Å². The minimum absolute atomic E-state index is 0.558. The van der Waals surface area contributed by atoms with E-state index in [-0.39, 0.29) is 0 Å². The second kappa shape index (κ2) is 2.45. The van der Waals surface area contributed by atoms with E-state index in [9.17, 15) is 9.18 Å². The Morgan fingerprint density at radius 3 is 1.88 bits per heavy atom. The van der Waals surface area contributed by atoms with Gasteiger partial charge in [-0.3, -0.25) is 4.79 Å². The minimum atomic E-state index is -1.06. The van der Waals surface area contributed by atoms with Gasteiger partial charge in [0.1, 0.15) is 5.76 Å². The molecule has 0 saturated carbocycles. The Hall–Kier alpha value is -0.860. The van der Waals surface area contributed by atoms with E-state index in [1.54, 1.807) is 0 Å². The second-order valence-electron chi connectivity index (χ2n) is 1.46. The Morgan fingerprint density at radius 1 is 1.50 bits per heavy atom. The lowest BCUT2D eigenvalue weighted by Crippen LogP contribution is -1.92. The summed E-state index contributed by atoms with van der Waals surface area (Å²) in [5.41, 5.74) is 0. The monoisotopic (exact) mass is 118 g/mol. The van der Waals surface area contributed by atoms with Crippen LogP contribution in [0.15, 0.2) is 11.6 Å². The smallest absolute Gasteiger partial charge is 0.202 e. The molecule has 0 aromatic carbocycles. The molecule has 8 heavy (non-hydrogen) atoms. The third-order valence-electron chi connectivity index (χ3n) is 0.627. The van der Waals surface area contributed by atoms with Crippen molar-refractivity contribution in [3.8, 4) is 0 Å². The molecule has 0 spiro atoms. The highest BCUT2D eigenvalue weighted by Gasteiger charge is 2.03. The number of hydrogen-bond acceptors (Lipinski definition) is 2. The summed E-state index contributed by atoms with van der Waals surface area (Å²) in [6, 6.07) is 0. The molecule has 0 aromatic rings. The van der Waals surface area contributed by atoms with Gasteiger partial charge in [0.15, 0.2) is 5.78 Å². The normalized spacial score (nSPS) is 12.9. The number of allylic oxidation sites excluding steroid dienone is 2. The number of rotatable bonds is 1. The maximum absolute atomic E-state index is 11.9. The summed E-state index contributed by atoms with van der Waals surface area (Å²) in [5.74, 6) is -2.37. The van der Waals surface area contributed by atoms with Gasteiger partial charge in [0.2, 0.25) is 5.83 Å². The molecular weight excluding hydrogens is 111 g/mol. The standard InChI is InChI=1S/C5H7FO2/c1-3(7)5(6)4(2)8/h7H,1-2H3. The summed E-state index contributed by atoms with van der Waals surface area (Å²) >= 11 is 0. The zero-order valence-electron chi connectivity index (χ0n) is 4.73. The fourth-order valence-electron chi connectivity index (χ4n) is 0.255. The molecule has 0 aliphatic carbocycles. The van der Waals surface area contributed by atoms with Crippen LogP contribution in [0.25, 0.3) is 0 Å².